The first kappa shape index (κ1) is 16.8. The molecular weight excluding hydrogens is 341 g/mol. The number of ether oxygens (including phenoxy) is 1. The quantitative estimate of drug-likeness (QED) is 0.751. The number of H-pyrrole nitrogens is 1. The van der Waals surface area contributed by atoms with Crippen LogP contribution in [0.3, 0.4) is 0 Å². The fourth-order valence-corrected chi connectivity index (χ4v) is 4.50. The summed E-state index contributed by atoms with van der Waals surface area (Å²) in [5, 5.41) is 0.920. The molecule has 140 valence electrons. The maximum atomic E-state index is 15.2. The third kappa shape index (κ3) is 2.91. The third-order valence-corrected chi connectivity index (χ3v) is 5.88. The van der Waals surface area contributed by atoms with Crippen LogP contribution in [0.15, 0.2) is 42.6 Å². The normalized spacial score (nSPS) is 20.8. The number of nitrogens with zero attached hydrogens (tertiary/aromatic N) is 2. The minimum Gasteiger partial charge on any atom is -0.378 e. The summed E-state index contributed by atoms with van der Waals surface area (Å²) in [5.41, 5.74) is 5.16. The lowest BCUT2D eigenvalue weighted by Gasteiger charge is -2.35. The molecule has 5 heteroatoms. The molecule has 3 aromatic rings. The van der Waals surface area contributed by atoms with Gasteiger partial charge in [-0.15, -0.1) is 0 Å². The zero-order valence-corrected chi connectivity index (χ0v) is 15.5. The first-order valence-corrected chi connectivity index (χ1v) is 9.60. The highest BCUT2D eigenvalue weighted by atomic mass is 19.1. The highest BCUT2D eigenvalue weighted by Crippen LogP contribution is 2.37. The van der Waals surface area contributed by atoms with Crippen LogP contribution in [-0.2, 0) is 11.3 Å². The van der Waals surface area contributed by atoms with Gasteiger partial charge in [0.25, 0.3) is 0 Å². The summed E-state index contributed by atoms with van der Waals surface area (Å²) in [6.45, 7) is 5.14. The molecule has 1 N–H and O–H groups in total. The summed E-state index contributed by atoms with van der Waals surface area (Å²) in [6.07, 6.45) is 1.80. The molecule has 0 bridgehead atoms. The second-order valence-electron chi connectivity index (χ2n) is 7.64. The van der Waals surface area contributed by atoms with Gasteiger partial charge in [-0.25, -0.2) is 4.39 Å². The predicted molar refractivity (Wildman–Crippen MR) is 106 cm³/mol. The average molecular weight is 365 g/mol. The molecule has 1 atom stereocenters. The molecule has 1 saturated heterocycles. The molecular formula is C22H24FN3O. The van der Waals surface area contributed by atoms with Crippen LogP contribution in [0.25, 0.3) is 10.9 Å². The van der Waals surface area contributed by atoms with E-state index < -0.39 is 0 Å². The summed E-state index contributed by atoms with van der Waals surface area (Å²) >= 11 is 0. The number of fused-ring (bicyclic) bond motifs is 2. The first-order chi connectivity index (χ1) is 13.2. The van der Waals surface area contributed by atoms with Crippen LogP contribution in [0.5, 0.6) is 0 Å². The number of anilines is 1. The van der Waals surface area contributed by atoms with Crippen molar-refractivity contribution in [1.82, 2.24) is 9.88 Å². The number of benzene rings is 2. The molecule has 1 fully saturated rings. The van der Waals surface area contributed by atoms with Gasteiger partial charge in [0.2, 0.25) is 0 Å². The summed E-state index contributed by atoms with van der Waals surface area (Å²) in [4.78, 5) is 7.71. The van der Waals surface area contributed by atoms with Crippen LogP contribution < -0.4 is 4.90 Å². The molecule has 27 heavy (non-hydrogen) atoms. The van der Waals surface area contributed by atoms with Gasteiger partial charge in [-0.1, -0.05) is 18.2 Å². The van der Waals surface area contributed by atoms with Crippen molar-refractivity contribution in [3.05, 3.63) is 65.1 Å². The number of likely N-dealkylation sites (N-methyl/N-ethyl adjacent to an activating group) is 1. The fourth-order valence-electron chi connectivity index (χ4n) is 4.50. The number of hydrogen-bond acceptors (Lipinski definition) is 3. The molecule has 0 spiro atoms. The Bertz CT molecular complexity index is 977. The number of halogens is 1. The van der Waals surface area contributed by atoms with Crippen LogP contribution in [-0.4, -0.2) is 49.8 Å². The van der Waals surface area contributed by atoms with E-state index >= 15 is 4.39 Å². The van der Waals surface area contributed by atoms with E-state index in [-0.39, 0.29) is 11.7 Å². The molecule has 0 amide bonds. The van der Waals surface area contributed by atoms with Gasteiger partial charge >= 0.3 is 0 Å². The molecule has 2 aliphatic heterocycles. The van der Waals surface area contributed by atoms with Gasteiger partial charge in [-0.05, 0) is 41.9 Å². The molecule has 5 rings (SSSR count). The molecule has 0 saturated carbocycles. The van der Waals surface area contributed by atoms with Crippen molar-refractivity contribution < 1.29 is 9.13 Å². The molecule has 0 radical (unpaired) electrons. The Morgan fingerprint density at radius 1 is 1.07 bits per heavy atom. The van der Waals surface area contributed by atoms with Gasteiger partial charge in [0.15, 0.2) is 5.82 Å². The number of aromatic nitrogens is 1. The third-order valence-electron chi connectivity index (χ3n) is 5.88. The Balaban J connectivity index is 1.56. The second-order valence-corrected chi connectivity index (χ2v) is 7.64. The Morgan fingerprint density at radius 2 is 1.89 bits per heavy atom. The Labute approximate surface area is 158 Å². The van der Waals surface area contributed by atoms with Gasteiger partial charge in [0, 0.05) is 49.4 Å². The van der Waals surface area contributed by atoms with Gasteiger partial charge in [-0.3, -0.25) is 0 Å². The highest BCUT2D eigenvalue weighted by Gasteiger charge is 2.28. The molecule has 1 unspecified atom stereocenters. The van der Waals surface area contributed by atoms with Gasteiger partial charge in [0.05, 0.1) is 18.7 Å². The number of hydrogen-bond donors (Lipinski definition) is 1. The highest BCUT2D eigenvalue weighted by molar-refractivity contribution is 5.81. The van der Waals surface area contributed by atoms with Gasteiger partial charge in [-0.2, -0.15) is 0 Å². The lowest BCUT2D eigenvalue weighted by Crippen LogP contribution is -2.37. The lowest BCUT2D eigenvalue weighted by atomic mass is 9.84. The van der Waals surface area contributed by atoms with E-state index in [1.807, 2.05) is 18.2 Å². The van der Waals surface area contributed by atoms with Crippen molar-refractivity contribution in [2.75, 3.05) is 44.8 Å². The molecule has 3 heterocycles. The van der Waals surface area contributed by atoms with Crippen LogP contribution in [0.4, 0.5) is 10.1 Å². The van der Waals surface area contributed by atoms with Gasteiger partial charge < -0.3 is 19.5 Å². The molecule has 2 aromatic carbocycles. The smallest absolute Gasteiger partial charge is 0.151 e. The molecule has 2 aliphatic rings. The standard InChI is InChI=1S/C22H24FN3O/c1-25-13-16-12-17(26-8-10-27-11-9-26)3-5-18(16)20(14-25)19-4-2-15-6-7-24-22(15)21(19)23/h2-7,12,20,24H,8-11,13-14H2,1H3. The zero-order valence-electron chi connectivity index (χ0n) is 15.5. The van der Waals surface area contributed by atoms with Crippen molar-refractivity contribution in [3.63, 3.8) is 0 Å². The van der Waals surface area contributed by atoms with Crippen LogP contribution in [0.2, 0.25) is 0 Å². The van der Waals surface area contributed by atoms with Crippen LogP contribution >= 0.6 is 0 Å². The summed E-state index contributed by atoms with van der Waals surface area (Å²) in [7, 11) is 2.11. The van der Waals surface area contributed by atoms with E-state index in [0.29, 0.717) is 5.52 Å². The Hall–Kier alpha value is -2.37. The van der Waals surface area contributed by atoms with E-state index in [0.717, 1.165) is 50.3 Å². The van der Waals surface area contributed by atoms with Crippen molar-refractivity contribution in [1.29, 1.82) is 0 Å². The minimum absolute atomic E-state index is 0.0465. The van der Waals surface area contributed by atoms with E-state index in [1.54, 1.807) is 6.20 Å². The van der Waals surface area contributed by atoms with E-state index in [4.69, 9.17) is 4.74 Å². The van der Waals surface area contributed by atoms with Gasteiger partial charge in [0.1, 0.15) is 0 Å². The summed E-state index contributed by atoms with van der Waals surface area (Å²) in [6, 6.07) is 12.6. The van der Waals surface area contributed by atoms with Crippen molar-refractivity contribution in [2.24, 2.45) is 0 Å². The Morgan fingerprint density at radius 3 is 2.74 bits per heavy atom. The first-order valence-electron chi connectivity index (χ1n) is 9.60. The van der Waals surface area contributed by atoms with E-state index in [1.165, 1.54) is 16.8 Å². The second kappa shape index (κ2) is 6.66. The van der Waals surface area contributed by atoms with Crippen molar-refractivity contribution in [3.8, 4) is 0 Å². The number of morpholine rings is 1. The number of rotatable bonds is 2. The zero-order chi connectivity index (χ0) is 18.4. The summed E-state index contributed by atoms with van der Waals surface area (Å²) < 4.78 is 20.7. The maximum Gasteiger partial charge on any atom is 0.151 e. The maximum absolute atomic E-state index is 15.2. The Kier molecular flexibility index (Phi) is 4.14. The number of nitrogens with one attached hydrogen (secondary N) is 1. The monoisotopic (exact) mass is 365 g/mol. The number of aromatic amines is 1. The van der Waals surface area contributed by atoms with Crippen LogP contribution in [0.1, 0.15) is 22.6 Å². The largest absolute Gasteiger partial charge is 0.378 e. The predicted octanol–water partition coefficient (Wildman–Crippen LogP) is 3.72. The van der Waals surface area contributed by atoms with Crippen molar-refractivity contribution >= 4 is 16.6 Å². The average Bonchev–Trinajstić information content (AvgIpc) is 3.18. The van der Waals surface area contributed by atoms with E-state index in [9.17, 15) is 0 Å². The van der Waals surface area contributed by atoms with Crippen molar-refractivity contribution in [2.45, 2.75) is 12.5 Å². The topological polar surface area (TPSA) is 31.5 Å². The summed E-state index contributed by atoms with van der Waals surface area (Å²) in [5.74, 6) is -0.0776. The fraction of sp³-hybridized carbons (Fsp3) is 0.364. The molecule has 0 aliphatic carbocycles. The SMILES string of the molecule is CN1Cc2cc(N3CCOCC3)ccc2C(c2ccc3cc[nH]c3c2F)C1. The molecule has 4 nitrogen and oxygen atoms in total. The van der Waals surface area contributed by atoms with Crippen LogP contribution in [0, 0.1) is 5.82 Å². The van der Waals surface area contributed by atoms with E-state index in [2.05, 4.69) is 40.0 Å². The molecule has 1 aromatic heterocycles. The minimum atomic E-state index is -0.124. The lowest BCUT2D eigenvalue weighted by molar-refractivity contribution is 0.122.